The van der Waals surface area contributed by atoms with E-state index in [4.69, 9.17) is 11.6 Å². The van der Waals surface area contributed by atoms with Crippen molar-refractivity contribution in [2.24, 2.45) is 5.41 Å². The number of benzene rings is 1. The van der Waals surface area contributed by atoms with Crippen LogP contribution in [-0.4, -0.2) is 31.6 Å². The molecular formula is C14H20BrClN2. The van der Waals surface area contributed by atoms with E-state index in [1.165, 1.54) is 12.0 Å². The van der Waals surface area contributed by atoms with Crippen molar-refractivity contribution in [2.45, 2.75) is 19.9 Å². The third-order valence-electron chi connectivity index (χ3n) is 3.56. The summed E-state index contributed by atoms with van der Waals surface area (Å²) in [6.45, 7) is 6.62. The van der Waals surface area contributed by atoms with Crippen molar-refractivity contribution in [1.82, 2.24) is 10.2 Å². The Hall–Kier alpha value is -0.0900. The Morgan fingerprint density at radius 3 is 2.89 bits per heavy atom. The maximum absolute atomic E-state index is 6.26. The second-order valence-electron chi connectivity index (χ2n) is 5.65. The molecule has 0 bridgehead atoms. The monoisotopic (exact) mass is 330 g/mol. The highest BCUT2D eigenvalue weighted by molar-refractivity contribution is 9.10. The maximum Gasteiger partial charge on any atom is 0.0462 e. The van der Waals surface area contributed by atoms with Gasteiger partial charge in [0.2, 0.25) is 0 Å². The molecule has 4 heteroatoms. The number of nitrogens with one attached hydrogen (secondary N) is 1. The van der Waals surface area contributed by atoms with Gasteiger partial charge in [0.05, 0.1) is 0 Å². The standard InChI is InChI=1S/C14H20BrClN2/c1-14(5-6-17-9-14)10-18(2)8-11-3-4-12(15)7-13(11)16/h3-4,7,17H,5-6,8-10H2,1-2H3. The SMILES string of the molecule is CN(Cc1ccc(Br)cc1Cl)CC1(C)CCNC1. The fraction of sp³-hybridized carbons (Fsp3) is 0.571. The molecule has 18 heavy (non-hydrogen) atoms. The first-order chi connectivity index (χ1) is 8.48. The third kappa shape index (κ3) is 3.70. The summed E-state index contributed by atoms with van der Waals surface area (Å²) >= 11 is 9.69. The van der Waals surface area contributed by atoms with Gasteiger partial charge in [-0.2, -0.15) is 0 Å². The van der Waals surface area contributed by atoms with Gasteiger partial charge in [0.15, 0.2) is 0 Å². The highest BCUT2D eigenvalue weighted by Gasteiger charge is 2.29. The summed E-state index contributed by atoms with van der Waals surface area (Å²) in [5.74, 6) is 0. The lowest BCUT2D eigenvalue weighted by Crippen LogP contribution is -2.34. The molecule has 1 aliphatic heterocycles. The van der Waals surface area contributed by atoms with E-state index in [1.54, 1.807) is 0 Å². The lowest BCUT2D eigenvalue weighted by atomic mass is 9.89. The van der Waals surface area contributed by atoms with Crippen molar-refractivity contribution in [2.75, 3.05) is 26.7 Å². The zero-order chi connectivity index (χ0) is 13.2. The second kappa shape index (κ2) is 5.91. The fourth-order valence-electron chi connectivity index (χ4n) is 2.65. The van der Waals surface area contributed by atoms with Gasteiger partial charge in [0, 0.05) is 29.1 Å². The quantitative estimate of drug-likeness (QED) is 0.908. The Morgan fingerprint density at radius 1 is 1.50 bits per heavy atom. The molecule has 2 rings (SSSR count). The summed E-state index contributed by atoms with van der Waals surface area (Å²) in [4.78, 5) is 2.36. The maximum atomic E-state index is 6.26. The van der Waals surface area contributed by atoms with Crippen molar-refractivity contribution >= 4 is 27.5 Å². The summed E-state index contributed by atoms with van der Waals surface area (Å²) in [5, 5.41) is 4.28. The second-order valence-corrected chi connectivity index (χ2v) is 6.97. The highest BCUT2D eigenvalue weighted by atomic mass is 79.9. The number of hydrogen-bond donors (Lipinski definition) is 1. The van der Waals surface area contributed by atoms with E-state index < -0.39 is 0 Å². The topological polar surface area (TPSA) is 15.3 Å². The van der Waals surface area contributed by atoms with Gasteiger partial charge in [-0.25, -0.2) is 0 Å². The minimum Gasteiger partial charge on any atom is -0.316 e. The van der Waals surface area contributed by atoms with Crippen LogP contribution in [0.1, 0.15) is 18.9 Å². The number of rotatable bonds is 4. The van der Waals surface area contributed by atoms with E-state index in [-0.39, 0.29) is 0 Å². The molecule has 1 aliphatic rings. The Balaban J connectivity index is 1.96. The Bertz CT molecular complexity index is 416. The molecule has 2 nitrogen and oxygen atoms in total. The summed E-state index contributed by atoms with van der Waals surface area (Å²) in [7, 11) is 2.17. The van der Waals surface area contributed by atoms with Crippen LogP contribution in [-0.2, 0) is 6.54 Å². The van der Waals surface area contributed by atoms with Crippen LogP contribution in [0.25, 0.3) is 0 Å². The molecule has 1 unspecified atom stereocenters. The minimum absolute atomic E-state index is 0.399. The van der Waals surface area contributed by atoms with E-state index in [0.29, 0.717) is 5.41 Å². The van der Waals surface area contributed by atoms with E-state index in [2.05, 4.69) is 46.2 Å². The Labute approximate surface area is 123 Å². The summed E-state index contributed by atoms with van der Waals surface area (Å²) in [6.07, 6.45) is 1.26. The molecule has 0 aromatic heterocycles. The van der Waals surface area contributed by atoms with E-state index in [9.17, 15) is 0 Å². The van der Waals surface area contributed by atoms with Gasteiger partial charge in [-0.1, -0.05) is 40.5 Å². The molecular weight excluding hydrogens is 312 g/mol. The molecule has 100 valence electrons. The van der Waals surface area contributed by atoms with Gasteiger partial charge in [0.25, 0.3) is 0 Å². The van der Waals surface area contributed by atoms with Crippen molar-refractivity contribution in [3.8, 4) is 0 Å². The number of halogens is 2. The molecule has 1 aromatic rings. The Morgan fingerprint density at radius 2 is 2.28 bits per heavy atom. The first-order valence-corrected chi connectivity index (χ1v) is 7.49. The predicted octanol–water partition coefficient (Wildman–Crippen LogP) is 3.53. The van der Waals surface area contributed by atoms with Crippen LogP contribution in [0.15, 0.2) is 22.7 Å². The van der Waals surface area contributed by atoms with Gasteiger partial charge in [0.1, 0.15) is 0 Å². The molecule has 1 heterocycles. The Kier molecular flexibility index (Phi) is 4.70. The molecule has 1 fully saturated rings. The van der Waals surface area contributed by atoms with Gasteiger partial charge in [-0.3, -0.25) is 0 Å². The van der Waals surface area contributed by atoms with E-state index in [0.717, 1.165) is 35.7 Å². The predicted molar refractivity (Wildman–Crippen MR) is 81.1 cm³/mol. The zero-order valence-corrected chi connectivity index (χ0v) is 13.3. The van der Waals surface area contributed by atoms with Crippen LogP contribution >= 0.6 is 27.5 Å². The summed E-state index contributed by atoms with van der Waals surface area (Å²) in [6, 6.07) is 6.11. The fourth-order valence-corrected chi connectivity index (χ4v) is 3.39. The molecule has 0 aliphatic carbocycles. The van der Waals surface area contributed by atoms with Gasteiger partial charge < -0.3 is 10.2 Å². The van der Waals surface area contributed by atoms with Crippen molar-refractivity contribution in [1.29, 1.82) is 0 Å². The average Bonchev–Trinajstić information content (AvgIpc) is 2.69. The van der Waals surface area contributed by atoms with E-state index in [1.807, 2.05) is 12.1 Å². The van der Waals surface area contributed by atoms with Crippen LogP contribution in [0.4, 0.5) is 0 Å². The molecule has 1 N–H and O–H groups in total. The number of nitrogens with zero attached hydrogens (tertiary/aromatic N) is 1. The minimum atomic E-state index is 0.399. The van der Waals surface area contributed by atoms with Crippen molar-refractivity contribution < 1.29 is 0 Å². The van der Waals surface area contributed by atoms with Crippen molar-refractivity contribution in [3.63, 3.8) is 0 Å². The first kappa shape index (κ1) is 14.3. The molecule has 1 atom stereocenters. The lowest BCUT2D eigenvalue weighted by molar-refractivity contribution is 0.203. The smallest absolute Gasteiger partial charge is 0.0462 e. The average molecular weight is 332 g/mol. The molecule has 1 aromatic carbocycles. The van der Waals surface area contributed by atoms with Crippen LogP contribution in [0.5, 0.6) is 0 Å². The van der Waals surface area contributed by atoms with Crippen LogP contribution in [0, 0.1) is 5.41 Å². The van der Waals surface area contributed by atoms with Gasteiger partial charge >= 0.3 is 0 Å². The molecule has 0 spiro atoms. The summed E-state index contributed by atoms with van der Waals surface area (Å²) < 4.78 is 1.03. The molecule has 0 saturated carbocycles. The van der Waals surface area contributed by atoms with Gasteiger partial charge in [-0.05, 0) is 43.1 Å². The molecule has 1 saturated heterocycles. The summed E-state index contributed by atoms with van der Waals surface area (Å²) in [5.41, 5.74) is 1.59. The molecule has 0 radical (unpaired) electrons. The van der Waals surface area contributed by atoms with Gasteiger partial charge in [-0.15, -0.1) is 0 Å². The lowest BCUT2D eigenvalue weighted by Gasteiger charge is -2.29. The molecule has 0 amide bonds. The van der Waals surface area contributed by atoms with Crippen molar-refractivity contribution in [3.05, 3.63) is 33.3 Å². The van der Waals surface area contributed by atoms with Crippen LogP contribution in [0.2, 0.25) is 5.02 Å². The number of hydrogen-bond acceptors (Lipinski definition) is 2. The van der Waals surface area contributed by atoms with Crippen LogP contribution < -0.4 is 5.32 Å². The normalized spacial score (nSPS) is 23.8. The third-order valence-corrected chi connectivity index (χ3v) is 4.41. The zero-order valence-electron chi connectivity index (χ0n) is 11.0. The largest absolute Gasteiger partial charge is 0.316 e. The van der Waals surface area contributed by atoms with Crippen LogP contribution in [0.3, 0.4) is 0 Å². The first-order valence-electron chi connectivity index (χ1n) is 6.32. The highest BCUT2D eigenvalue weighted by Crippen LogP contribution is 2.27. The van der Waals surface area contributed by atoms with E-state index >= 15 is 0 Å².